The first-order valence-corrected chi connectivity index (χ1v) is 31.8. The number of benzene rings is 4. The van der Waals surface area contributed by atoms with Crippen molar-refractivity contribution in [3.8, 4) is 17.2 Å². The number of nitrogens with one attached hydrogen (secondary N) is 3. The zero-order valence-corrected chi connectivity index (χ0v) is 52.3. The summed E-state index contributed by atoms with van der Waals surface area (Å²) in [5, 5.41) is 19.4. The number of aryl methyl sites for hydroxylation is 2. The molecule has 1 aliphatic heterocycles. The largest absolute Gasteiger partial charge is 0.497 e. The third-order valence-corrected chi connectivity index (χ3v) is 17.3. The molecule has 10 rings (SSSR count). The van der Waals surface area contributed by atoms with Crippen LogP contribution < -0.4 is 30.2 Å². The molecule has 3 heterocycles. The number of likely N-dealkylation sites (N-methyl/N-ethyl adjacent to an activating group) is 2. The van der Waals surface area contributed by atoms with Crippen LogP contribution in [0, 0.1) is 18.8 Å². The number of anilines is 2. The van der Waals surface area contributed by atoms with Crippen molar-refractivity contribution in [1.82, 2.24) is 44.9 Å². The number of carbonyl (C=O) groups excluding carboxylic acids is 4. The topological polar surface area (TPSA) is 216 Å². The molecule has 472 valence electrons. The van der Waals surface area contributed by atoms with Gasteiger partial charge in [0.15, 0.2) is 5.13 Å². The SMILES string of the molecule is COc1ccc(CNC(=O)C(c2ccc(C)cc2)N(C(=O)CCc2ccc(OCCCCN(C)CCOCCOCCc3cn(CCOCCOc4ccc(NC(=O)Nc5nc(CC(=O)N6CCN(C)CC6)cs5)cc4)nn3)cc2)[C@@H]2CC3CC2C3)cc1. The monoisotopic (exact) mass is 1230 g/mol. The standard InChI is InChI=1S/C66H87N11O10S/c1-48-7-14-52(15-8-48)63(64(80)67-45-50-11-18-57(82-4)19-12-50)77(60-43-51-41-53(60)42-51)61(78)24-13-49-9-20-58(21-10-49)86-33-6-5-26-73(2)31-35-84-38-37-83-34-25-55-46-76(72-71-55)32-36-85-39-40-87-59-22-16-54(17-23-59)68-65(81)70-66-69-56(47-88-66)44-62(79)75-29-27-74(3)28-30-75/h7-12,14-23,46-47,51,53,60,63H,5-6,13,24-45H2,1-4H3,(H,67,80)(H2,68,69,70,81)/t51?,53?,60-,63?/m1/s1. The van der Waals surface area contributed by atoms with E-state index in [1.165, 1.54) is 11.3 Å². The van der Waals surface area contributed by atoms with Gasteiger partial charge in [-0.25, -0.2) is 14.5 Å². The van der Waals surface area contributed by atoms with Gasteiger partial charge in [-0.15, -0.1) is 16.4 Å². The molecule has 3 saturated carbocycles. The zero-order valence-electron chi connectivity index (χ0n) is 51.4. The lowest BCUT2D eigenvalue weighted by atomic mass is 9.83. The smallest absolute Gasteiger partial charge is 0.325 e. The lowest BCUT2D eigenvalue weighted by molar-refractivity contribution is -0.144. The lowest BCUT2D eigenvalue weighted by Crippen LogP contribution is -2.49. The Hall–Kier alpha value is -7.47. The van der Waals surface area contributed by atoms with E-state index in [9.17, 15) is 19.2 Å². The molecule has 0 radical (unpaired) electrons. The number of carbonyl (C=O) groups is 4. The van der Waals surface area contributed by atoms with Crippen LogP contribution in [-0.2, 0) is 60.9 Å². The van der Waals surface area contributed by atoms with E-state index < -0.39 is 12.1 Å². The van der Waals surface area contributed by atoms with Crippen LogP contribution in [0.15, 0.2) is 109 Å². The molecule has 21 nitrogen and oxygen atoms in total. The van der Waals surface area contributed by atoms with Gasteiger partial charge in [0.1, 0.15) is 29.9 Å². The molecule has 3 aliphatic carbocycles. The maximum Gasteiger partial charge on any atom is 0.325 e. The van der Waals surface area contributed by atoms with Crippen molar-refractivity contribution in [3.05, 3.63) is 142 Å². The van der Waals surface area contributed by atoms with E-state index in [0.29, 0.717) is 132 Å². The van der Waals surface area contributed by atoms with Crippen LogP contribution in [0.25, 0.3) is 0 Å². The van der Waals surface area contributed by atoms with Crippen LogP contribution in [0.5, 0.6) is 17.2 Å². The molecule has 2 atom stereocenters. The third kappa shape index (κ3) is 20.3. The molecule has 4 aromatic carbocycles. The zero-order chi connectivity index (χ0) is 61.5. The quantitative estimate of drug-likeness (QED) is 0.0317. The van der Waals surface area contributed by atoms with E-state index in [1.54, 1.807) is 41.4 Å². The number of ether oxygens (including phenoxy) is 6. The number of urea groups is 1. The first-order chi connectivity index (χ1) is 42.9. The van der Waals surface area contributed by atoms with Crippen molar-refractivity contribution in [2.45, 2.75) is 89.9 Å². The molecule has 2 bridgehead atoms. The fourth-order valence-electron chi connectivity index (χ4n) is 11.2. The van der Waals surface area contributed by atoms with Crippen molar-refractivity contribution >= 4 is 45.9 Å². The summed E-state index contributed by atoms with van der Waals surface area (Å²) in [5.74, 6) is 3.17. The Morgan fingerprint density at radius 1 is 0.705 bits per heavy atom. The van der Waals surface area contributed by atoms with Gasteiger partial charge in [0.2, 0.25) is 17.7 Å². The van der Waals surface area contributed by atoms with Gasteiger partial charge in [-0.3, -0.25) is 19.7 Å². The van der Waals surface area contributed by atoms with Crippen molar-refractivity contribution in [2.75, 3.05) is 124 Å². The van der Waals surface area contributed by atoms with Gasteiger partial charge in [0.05, 0.1) is 77.7 Å². The molecule has 4 aliphatic rings. The van der Waals surface area contributed by atoms with Crippen LogP contribution in [0.2, 0.25) is 0 Å². The molecule has 22 heteroatoms. The van der Waals surface area contributed by atoms with Gasteiger partial charge in [-0.05, 0) is 143 Å². The van der Waals surface area contributed by atoms with E-state index >= 15 is 0 Å². The number of fused-ring (bicyclic) bond motifs is 1. The summed E-state index contributed by atoms with van der Waals surface area (Å²) in [4.78, 5) is 66.7. The summed E-state index contributed by atoms with van der Waals surface area (Å²) in [6.07, 6.45) is 8.77. The summed E-state index contributed by atoms with van der Waals surface area (Å²) in [6, 6.07) is 29.7. The normalized spacial score (nSPS) is 16.6. The van der Waals surface area contributed by atoms with E-state index in [4.69, 9.17) is 28.4 Å². The highest BCUT2D eigenvalue weighted by Gasteiger charge is 2.50. The minimum Gasteiger partial charge on any atom is -0.497 e. The number of aromatic nitrogens is 4. The lowest BCUT2D eigenvalue weighted by Gasteiger charge is -2.38. The molecule has 88 heavy (non-hydrogen) atoms. The maximum atomic E-state index is 14.5. The number of unbranched alkanes of at least 4 members (excludes halogenated alkanes) is 1. The van der Waals surface area contributed by atoms with Gasteiger partial charge in [-0.2, -0.15) is 0 Å². The van der Waals surface area contributed by atoms with Gasteiger partial charge in [0, 0.05) is 75.4 Å². The molecular weight excluding hydrogens is 1140 g/mol. The fourth-order valence-corrected chi connectivity index (χ4v) is 12.0. The summed E-state index contributed by atoms with van der Waals surface area (Å²) in [6.45, 7) is 11.9. The molecule has 1 unspecified atom stereocenters. The third-order valence-electron chi connectivity index (χ3n) is 16.4. The number of hydrogen-bond acceptors (Lipinski definition) is 16. The molecule has 5 amide bonds. The second kappa shape index (κ2) is 33.8. The van der Waals surface area contributed by atoms with E-state index in [-0.39, 0.29) is 30.2 Å². The summed E-state index contributed by atoms with van der Waals surface area (Å²) in [5.41, 5.74) is 6.05. The summed E-state index contributed by atoms with van der Waals surface area (Å²) >= 11 is 1.28. The minimum atomic E-state index is -0.717. The second-order valence-electron chi connectivity index (χ2n) is 23.1. The predicted octanol–water partition coefficient (Wildman–Crippen LogP) is 8.09. The maximum absolute atomic E-state index is 14.5. The number of amides is 5. The molecule has 1 saturated heterocycles. The van der Waals surface area contributed by atoms with Crippen LogP contribution in [0.3, 0.4) is 0 Å². The average molecular weight is 1230 g/mol. The Morgan fingerprint density at radius 3 is 2.11 bits per heavy atom. The Kier molecular flexibility index (Phi) is 24.9. The Morgan fingerprint density at radius 2 is 1.39 bits per heavy atom. The van der Waals surface area contributed by atoms with Gasteiger partial charge >= 0.3 is 6.03 Å². The van der Waals surface area contributed by atoms with Crippen molar-refractivity contribution < 1.29 is 47.6 Å². The van der Waals surface area contributed by atoms with Gasteiger partial charge in [-0.1, -0.05) is 59.3 Å². The van der Waals surface area contributed by atoms with E-state index in [0.717, 1.165) is 97.7 Å². The Balaban J connectivity index is 0.568. The number of thiazole rings is 1. The van der Waals surface area contributed by atoms with Crippen LogP contribution in [0.1, 0.15) is 78.2 Å². The van der Waals surface area contributed by atoms with Crippen LogP contribution in [0.4, 0.5) is 15.6 Å². The second-order valence-corrected chi connectivity index (χ2v) is 24.0. The highest BCUT2D eigenvalue weighted by Crippen LogP contribution is 2.52. The summed E-state index contributed by atoms with van der Waals surface area (Å²) in [7, 11) is 5.79. The highest BCUT2D eigenvalue weighted by atomic mass is 32.1. The molecule has 3 N–H and O–H groups in total. The number of rotatable bonds is 36. The molecule has 6 aromatic rings. The van der Waals surface area contributed by atoms with Gasteiger partial charge < -0.3 is 58.7 Å². The number of hydrogen-bond donors (Lipinski definition) is 3. The van der Waals surface area contributed by atoms with Crippen LogP contribution >= 0.6 is 11.3 Å². The van der Waals surface area contributed by atoms with Crippen molar-refractivity contribution in [2.24, 2.45) is 11.8 Å². The Labute approximate surface area is 521 Å². The van der Waals surface area contributed by atoms with Crippen molar-refractivity contribution in [1.29, 1.82) is 0 Å². The predicted molar refractivity (Wildman–Crippen MR) is 338 cm³/mol. The molecule has 0 spiro atoms. The first-order valence-electron chi connectivity index (χ1n) is 30.9. The molecule has 4 fully saturated rings. The first kappa shape index (κ1) is 65.0. The molecular formula is C66H87N11O10S. The number of piperazine rings is 1. The molecule has 2 aromatic heterocycles. The minimum absolute atomic E-state index is 0.0134. The average Bonchev–Trinajstić information content (AvgIpc) is 1.76. The Bertz CT molecular complexity index is 3100. The van der Waals surface area contributed by atoms with Gasteiger partial charge in [0.25, 0.3) is 0 Å². The van der Waals surface area contributed by atoms with Crippen molar-refractivity contribution in [3.63, 3.8) is 0 Å². The number of nitrogens with zero attached hydrogens (tertiary/aromatic N) is 8. The highest BCUT2D eigenvalue weighted by molar-refractivity contribution is 7.14. The van der Waals surface area contributed by atoms with E-state index in [2.05, 4.69) is 55.1 Å². The van der Waals surface area contributed by atoms with Crippen LogP contribution in [-0.4, -0.2) is 183 Å². The summed E-state index contributed by atoms with van der Waals surface area (Å²) < 4.78 is 36.4. The fraction of sp³-hybridized carbons (Fsp3) is 0.500. The number of methoxy groups -OCH3 is 1. The van der Waals surface area contributed by atoms with E-state index in [1.807, 2.05) is 95.7 Å².